The van der Waals surface area contributed by atoms with Gasteiger partial charge in [-0.15, -0.1) is 11.3 Å². The van der Waals surface area contributed by atoms with Crippen LogP contribution in [0.3, 0.4) is 0 Å². The van der Waals surface area contributed by atoms with Gasteiger partial charge in [-0.1, -0.05) is 24.6 Å². The van der Waals surface area contributed by atoms with Gasteiger partial charge < -0.3 is 15.1 Å². The lowest BCUT2D eigenvalue weighted by Crippen LogP contribution is -2.37. The van der Waals surface area contributed by atoms with Crippen molar-refractivity contribution in [3.63, 3.8) is 0 Å². The molecular weight excluding hydrogens is 370 g/mol. The number of hydrogen-bond acceptors (Lipinski definition) is 3. The monoisotopic (exact) mass is 401 g/mol. The van der Waals surface area contributed by atoms with Crippen molar-refractivity contribution in [2.75, 3.05) is 31.5 Å². The molecule has 27 heavy (non-hydrogen) atoms. The maximum absolute atomic E-state index is 5.81. The molecule has 1 fully saturated rings. The molecule has 0 spiro atoms. The Labute approximate surface area is 173 Å². The van der Waals surface area contributed by atoms with Crippen LogP contribution in [0.4, 0.5) is 5.69 Å². The first-order valence-electron chi connectivity index (χ1n) is 10.00. The Morgan fingerprint density at radius 1 is 1.19 bits per heavy atom. The molecule has 0 unspecified atom stereocenters. The number of likely N-dealkylation sites (tertiary alicyclic amines) is 1. The summed E-state index contributed by atoms with van der Waals surface area (Å²) in [6, 6.07) is 10.8. The van der Waals surface area contributed by atoms with Gasteiger partial charge in [0, 0.05) is 17.1 Å². The normalized spacial score (nSPS) is 14.9. The molecule has 1 aliphatic heterocycles. The Kier molecular flexibility index (Phi) is 7.68. The predicted octanol–water partition coefficient (Wildman–Crippen LogP) is 5.44. The lowest BCUT2D eigenvalue weighted by Gasteiger charge is -2.29. The molecule has 1 aromatic carbocycles. The van der Waals surface area contributed by atoms with E-state index < -0.39 is 0 Å². The smallest absolute Gasteiger partial charge is 0.173 e. The zero-order valence-electron chi connectivity index (χ0n) is 16.5. The molecule has 1 N–H and O–H groups in total. The second kappa shape index (κ2) is 10.2. The van der Waals surface area contributed by atoms with Crippen LogP contribution >= 0.6 is 23.6 Å². The summed E-state index contributed by atoms with van der Waals surface area (Å²) in [4.78, 5) is 6.29. The number of benzene rings is 1. The highest BCUT2D eigenvalue weighted by Gasteiger charge is 2.14. The van der Waals surface area contributed by atoms with Gasteiger partial charge in [0.1, 0.15) is 0 Å². The molecule has 1 saturated heterocycles. The van der Waals surface area contributed by atoms with Gasteiger partial charge in [0.2, 0.25) is 0 Å². The molecular formula is C22H31N3S2. The van der Waals surface area contributed by atoms with E-state index in [9.17, 15) is 0 Å². The van der Waals surface area contributed by atoms with Crippen LogP contribution in [0.25, 0.3) is 0 Å². The first-order valence-corrected chi connectivity index (χ1v) is 11.3. The van der Waals surface area contributed by atoms with E-state index in [-0.39, 0.29) is 0 Å². The minimum Gasteiger partial charge on any atom is -0.344 e. The van der Waals surface area contributed by atoms with E-state index in [1.807, 2.05) is 0 Å². The lowest BCUT2D eigenvalue weighted by molar-refractivity contribution is 0.218. The summed E-state index contributed by atoms with van der Waals surface area (Å²) in [5, 5.41) is 6.47. The topological polar surface area (TPSA) is 18.5 Å². The number of aryl methyl sites for hydroxylation is 2. The van der Waals surface area contributed by atoms with E-state index in [1.165, 1.54) is 54.9 Å². The number of anilines is 1. The largest absolute Gasteiger partial charge is 0.344 e. The summed E-state index contributed by atoms with van der Waals surface area (Å²) in [6.45, 7) is 9.82. The summed E-state index contributed by atoms with van der Waals surface area (Å²) in [5.41, 5.74) is 3.60. The van der Waals surface area contributed by atoms with Crippen LogP contribution in [0, 0.1) is 13.8 Å². The number of nitrogens with one attached hydrogen (secondary N) is 1. The SMILES string of the molecule is Cc1ccc(C)c(NC(=S)N(CCCN2CCCCC2)Cc2cccs2)c1. The van der Waals surface area contributed by atoms with Crippen molar-refractivity contribution in [2.45, 2.75) is 46.1 Å². The molecule has 0 atom stereocenters. The molecule has 3 rings (SSSR count). The van der Waals surface area contributed by atoms with Gasteiger partial charge in [0.25, 0.3) is 0 Å². The molecule has 0 radical (unpaired) electrons. The fourth-order valence-electron chi connectivity index (χ4n) is 3.58. The standard InChI is InChI=1S/C22H31N3S2/c1-18-9-10-19(2)21(16-18)23-22(26)25(17-20-8-6-15-27-20)14-7-13-24-11-4-3-5-12-24/h6,8-10,15-16H,3-5,7,11-14,17H2,1-2H3,(H,23,26). The van der Waals surface area contributed by atoms with Crippen LogP contribution in [-0.4, -0.2) is 41.1 Å². The second-order valence-electron chi connectivity index (χ2n) is 7.51. The van der Waals surface area contributed by atoms with Crippen molar-refractivity contribution in [1.29, 1.82) is 0 Å². The Hall–Kier alpha value is -1.43. The first-order chi connectivity index (χ1) is 13.1. The van der Waals surface area contributed by atoms with Crippen LogP contribution in [0.5, 0.6) is 0 Å². The van der Waals surface area contributed by atoms with Gasteiger partial charge >= 0.3 is 0 Å². The Bertz CT molecular complexity index is 721. The van der Waals surface area contributed by atoms with Crippen molar-refractivity contribution >= 4 is 34.4 Å². The molecule has 2 heterocycles. The van der Waals surface area contributed by atoms with Crippen LogP contribution in [0.2, 0.25) is 0 Å². The highest BCUT2D eigenvalue weighted by Crippen LogP contribution is 2.19. The second-order valence-corrected chi connectivity index (χ2v) is 8.92. The van der Waals surface area contributed by atoms with Gasteiger partial charge in [0.15, 0.2) is 5.11 Å². The third-order valence-electron chi connectivity index (χ3n) is 5.20. The third kappa shape index (κ3) is 6.30. The zero-order chi connectivity index (χ0) is 19.1. The minimum atomic E-state index is 0.829. The maximum atomic E-state index is 5.81. The van der Waals surface area contributed by atoms with Crippen LogP contribution in [0.15, 0.2) is 35.7 Å². The number of rotatable bonds is 7. The van der Waals surface area contributed by atoms with E-state index in [1.54, 1.807) is 11.3 Å². The van der Waals surface area contributed by atoms with E-state index in [0.717, 1.165) is 30.3 Å². The van der Waals surface area contributed by atoms with Crippen LogP contribution in [0.1, 0.15) is 41.7 Å². The summed E-state index contributed by atoms with van der Waals surface area (Å²) in [7, 11) is 0. The summed E-state index contributed by atoms with van der Waals surface area (Å²) in [6.07, 6.45) is 5.25. The molecule has 5 heteroatoms. The molecule has 146 valence electrons. The van der Waals surface area contributed by atoms with E-state index in [4.69, 9.17) is 12.2 Å². The molecule has 0 amide bonds. The van der Waals surface area contributed by atoms with Gasteiger partial charge in [-0.2, -0.15) is 0 Å². The number of thiocarbonyl (C=S) groups is 1. The van der Waals surface area contributed by atoms with E-state index >= 15 is 0 Å². The number of piperidine rings is 1. The maximum Gasteiger partial charge on any atom is 0.173 e. The average Bonchev–Trinajstić information content (AvgIpc) is 3.18. The van der Waals surface area contributed by atoms with Crippen molar-refractivity contribution in [2.24, 2.45) is 0 Å². The zero-order valence-corrected chi connectivity index (χ0v) is 18.2. The van der Waals surface area contributed by atoms with Crippen molar-refractivity contribution in [1.82, 2.24) is 9.80 Å². The quantitative estimate of drug-likeness (QED) is 0.622. The molecule has 1 aromatic heterocycles. The van der Waals surface area contributed by atoms with Gasteiger partial charge in [-0.05, 0) is 93.6 Å². The molecule has 1 aliphatic rings. The first kappa shape index (κ1) is 20.3. The van der Waals surface area contributed by atoms with E-state index in [2.05, 4.69) is 64.7 Å². The van der Waals surface area contributed by atoms with Crippen molar-refractivity contribution < 1.29 is 0 Å². The molecule has 0 bridgehead atoms. The fraction of sp³-hybridized carbons (Fsp3) is 0.500. The van der Waals surface area contributed by atoms with Gasteiger partial charge in [-0.3, -0.25) is 0 Å². The highest BCUT2D eigenvalue weighted by atomic mass is 32.1. The van der Waals surface area contributed by atoms with Crippen LogP contribution < -0.4 is 5.32 Å². The third-order valence-corrected chi connectivity index (χ3v) is 6.42. The van der Waals surface area contributed by atoms with Crippen molar-refractivity contribution in [3.05, 3.63) is 51.7 Å². The van der Waals surface area contributed by atoms with Gasteiger partial charge in [0.05, 0.1) is 6.54 Å². The lowest BCUT2D eigenvalue weighted by atomic mass is 10.1. The predicted molar refractivity (Wildman–Crippen MR) is 122 cm³/mol. The molecule has 0 aliphatic carbocycles. The number of hydrogen-bond donors (Lipinski definition) is 1. The Balaban J connectivity index is 1.61. The number of nitrogens with zero attached hydrogens (tertiary/aromatic N) is 2. The van der Waals surface area contributed by atoms with Gasteiger partial charge in [-0.25, -0.2) is 0 Å². The Morgan fingerprint density at radius 2 is 2.00 bits per heavy atom. The minimum absolute atomic E-state index is 0.829. The van der Waals surface area contributed by atoms with E-state index in [0.29, 0.717) is 0 Å². The van der Waals surface area contributed by atoms with Crippen molar-refractivity contribution in [3.8, 4) is 0 Å². The van der Waals surface area contributed by atoms with Crippen LogP contribution in [-0.2, 0) is 6.54 Å². The molecule has 2 aromatic rings. The summed E-state index contributed by atoms with van der Waals surface area (Å²) in [5.74, 6) is 0. The fourth-order valence-corrected chi connectivity index (χ4v) is 4.56. The Morgan fingerprint density at radius 3 is 2.74 bits per heavy atom. The molecule has 3 nitrogen and oxygen atoms in total. The highest BCUT2D eigenvalue weighted by molar-refractivity contribution is 7.80. The number of thiophene rings is 1. The average molecular weight is 402 g/mol. The summed E-state index contributed by atoms with van der Waals surface area (Å²) >= 11 is 7.61. The molecule has 0 saturated carbocycles. The summed E-state index contributed by atoms with van der Waals surface area (Å²) < 4.78 is 0.